The van der Waals surface area contributed by atoms with E-state index in [0.717, 1.165) is 22.6 Å². The Kier molecular flexibility index (Phi) is 4.93. The van der Waals surface area contributed by atoms with Crippen molar-refractivity contribution in [3.63, 3.8) is 0 Å². The lowest BCUT2D eigenvalue weighted by atomic mass is 9.98. The number of rotatable bonds is 5. The summed E-state index contributed by atoms with van der Waals surface area (Å²) in [6, 6.07) is 17.7. The predicted octanol–water partition coefficient (Wildman–Crippen LogP) is 3.54. The first-order valence-corrected chi connectivity index (χ1v) is 9.22. The first-order valence-electron chi connectivity index (χ1n) is 9.22. The number of carbonyl (C=O) groups is 1. The average Bonchev–Trinajstić information content (AvgIpc) is 2.68. The predicted molar refractivity (Wildman–Crippen MR) is 110 cm³/mol. The maximum atomic E-state index is 12.6. The van der Waals surface area contributed by atoms with Gasteiger partial charge in [0.2, 0.25) is 5.91 Å². The number of nitrogens with zero attached hydrogens (tertiary/aromatic N) is 3. The van der Waals surface area contributed by atoms with Crippen LogP contribution in [0.5, 0.6) is 5.75 Å². The fraction of sp³-hybridized carbons (Fsp3) is 0.227. The summed E-state index contributed by atoms with van der Waals surface area (Å²) in [4.78, 5) is 23.4. The molecule has 1 aromatic heterocycles. The van der Waals surface area contributed by atoms with E-state index in [1.807, 2.05) is 61.5 Å². The van der Waals surface area contributed by atoms with Gasteiger partial charge in [-0.25, -0.2) is 9.97 Å². The van der Waals surface area contributed by atoms with Gasteiger partial charge in [0.15, 0.2) is 0 Å². The molecule has 28 heavy (non-hydrogen) atoms. The van der Waals surface area contributed by atoms with Crippen LogP contribution < -0.4 is 15.0 Å². The molecule has 1 saturated heterocycles. The summed E-state index contributed by atoms with van der Waals surface area (Å²) in [6.07, 6.45) is 1.57. The van der Waals surface area contributed by atoms with Crippen molar-refractivity contribution in [1.82, 2.24) is 9.97 Å². The number of methoxy groups -OCH3 is 1. The van der Waals surface area contributed by atoms with E-state index in [1.54, 1.807) is 13.4 Å². The zero-order chi connectivity index (χ0) is 19.5. The van der Waals surface area contributed by atoms with E-state index < -0.39 is 0 Å². The quantitative estimate of drug-likeness (QED) is 0.740. The topological polar surface area (TPSA) is 67.3 Å². The molecule has 2 aromatic carbocycles. The van der Waals surface area contributed by atoms with Gasteiger partial charge in [0.05, 0.1) is 24.4 Å². The average molecular weight is 374 g/mol. The zero-order valence-electron chi connectivity index (χ0n) is 15.9. The highest BCUT2D eigenvalue weighted by molar-refractivity contribution is 5.95. The van der Waals surface area contributed by atoms with E-state index in [0.29, 0.717) is 24.5 Å². The Morgan fingerprint density at radius 3 is 2.64 bits per heavy atom. The summed E-state index contributed by atoms with van der Waals surface area (Å²) >= 11 is 0. The van der Waals surface area contributed by atoms with Gasteiger partial charge in [-0.3, -0.25) is 4.79 Å². The first kappa shape index (κ1) is 18.0. The lowest BCUT2D eigenvalue weighted by molar-refractivity contribution is -0.120. The third-order valence-electron chi connectivity index (χ3n) is 4.91. The van der Waals surface area contributed by atoms with E-state index >= 15 is 0 Å². The number of benzene rings is 2. The Bertz CT molecular complexity index is 985. The second kappa shape index (κ2) is 7.68. The minimum absolute atomic E-state index is 0.00233. The van der Waals surface area contributed by atoms with Crippen molar-refractivity contribution in [1.29, 1.82) is 0 Å². The fourth-order valence-corrected chi connectivity index (χ4v) is 3.27. The lowest BCUT2D eigenvalue weighted by Crippen LogP contribution is -2.52. The second-order valence-electron chi connectivity index (χ2n) is 6.92. The fourth-order valence-electron chi connectivity index (χ4n) is 3.27. The van der Waals surface area contributed by atoms with Crippen molar-refractivity contribution < 1.29 is 9.53 Å². The highest BCUT2D eigenvalue weighted by atomic mass is 16.5. The van der Waals surface area contributed by atoms with Crippen LogP contribution >= 0.6 is 0 Å². The molecule has 142 valence electrons. The molecule has 0 spiro atoms. The molecule has 0 radical (unpaired) electrons. The minimum atomic E-state index is -0.0830. The van der Waals surface area contributed by atoms with Crippen molar-refractivity contribution in [3.05, 3.63) is 66.5 Å². The summed E-state index contributed by atoms with van der Waals surface area (Å²) in [5.41, 5.74) is 3.70. The molecule has 1 aliphatic heterocycles. The molecule has 0 aliphatic carbocycles. The molecule has 0 unspecified atom stereocenters. The smallest absolute Gasteiger partial charge is 0.231 e. The Labute approximate surface area is 164 Å². The molecule has 2 heterocycles. The van der Waals surface area contributed by atoms with Crippen LogP contribution in [0, 0.1) is 12.8 Å². The van der Waals surface area contributed by atoms with Gasteiger partial charge in [0.25, 0.3) is 0 Å². The number of aryl methyl sites for hydroxylation is 1. The van der Waals surface area contributed by atoms with Gasteiger partial charge in [0.1, 0.15) is 17.9 Å². The Balaban J connectivity index is 1.41. The van der Waals surface area contributed by atoms with Crippen molar-refractivity contribution in [2.75, 3.05) is 30.4 Å². The largest absolute Gasteiger partial charge is 0.495 e. The number of aromatic nitrogens is 2. The highest BCUT2D eigenvalue weighted by Gasteiger charge is 2.34. The number of hydrogen-bond acceptors (Lipinski definition) is 5. The molecule has 1 amide bonds. The molecule has 1 aliphatic rings. The molecule has 6 heteroatoms. The van der Waals surface area contributed by atoms with Gasteiger partial charge in [0, 0.05) is 24.7 Å². The third-order valence-corrected chi connectivity index (χ3v) is 4.91. The van der Waals surface area contributed by atoms with Crippen LogP contribution in [0.2, 0.25) is 0 Å². The summed E-state index contributed by atoms with van der Waals surface area (Å²) in [7, 11) is 1.60. The standard InChI is InChI=1S/C22H22N4O2/c1-15-8-9-20(28-2)19(10-15)25-22(27)17-12-26(13-17)21-11-18(23-14-24-21)16-6-4-3-5-7-16/h3-11,14,17H,12-13H2,1-2H3,(H,25,27). The lowest BCUT2D eigenvalue weighted by Gasteiger charge is -2.39. The Morgan fingerprint density at radius 1 is 1.11 bits per heavy atom. The Hall–Kier alpha value is -3.41. The van der Waals surface area contributed by atoms with E-state index in [-0.39, 0.29) is 11.8 Å². The monoisotopic (exact) mass is 374 g/mol. The highest BCUT2D eigenvalue weighted by Crippen LogP contribution is 2.29. The number of amides is 1. The van der Waals surface area contributed by atoms with Crippen LogP contribution in [0.25, 0.3) is 11.3 Å². The molecule has 1 fully saturated rings. The molecular formula is C22H22N4O2. The molecule has 3 aromatic rings. The second-order valence-corrected chi connectivity index (χ2v) is 6.92. The molecule has 0 atom stereocenters. The van der Waals surface area contributed by atoms with Crippen molar-refractivity contribution in [2.45, 2.75) is 6.92 Å². The van der Waals surface area contributed by atoms with Crippen LogP contribution in [0.4, 0.5) is 11.5 Å². The number of nitrogens with one attached hydrogen (secondary N) is 1. The summed E-state index contributed by atoms with van der Waals surface area (Å²) in [6.45, 7) is 3.25. The summed E-state index contributed by atoms with van der Waals surface area (Å²) < 4.78 is 5.34. The van der Waals surface area contributed by atoms with Crippen molar-refractivity contribution in [2.24, 2.45) is 5.92 Å². The normalized spacial score (nSPS) is 13.7. The summed E-state index contributed by atoms with van der Waals surface area (Å²) in [5, 5.41) is 2.99. The zero-order valence-corrected chi connectivity index (χ0v) is 15.9. The molecule has 4 rings (SSSR count). The van der Waals surface area contributed by atoms with E-state index in [2.05, 4.69) is 20.2 Å². The van der Waals surface area contributed by atoms with Gasteiger partial charge in [-0.15, -0.1) is 0 Å². The maximum absolute atomic E-state index is 12.6. The Morgan fingerprint density at radius 2 is 1.89 bits per heavy atom. The number of anilines is 2. The van der Waals surface area contributed by atoms with Gasteiger partial charge in [-0.1, -0.05) is 36.4 Å². The van der Waals surface area contributed by atoms with E-state index in [4.69, 9.17) is 4.74 Å². The van der Waals surface area contributed by atoms with Crippen LogP contribution in [0.3, 0.4) is 0 Å². The number of ether oxygens (including phenoxy) is 1. The van der Waals surface area contributed by atoms with Crippen molar-refractivity contribution >= 4 is 17.4 Å². The molecule has 6 nitrogen and oxygen atoms in total. The summed E-state index contributed by atoms with van der Waals surface area (Å²) in [5.74, 6) is 1.42. The van der Waals surface area contributed by atoms with Gasteiger partial charge in [-0.05, 0) is 24.6 Å². The molecule has 0 bridgehead atoms. The molecule has 1 N–H and O–H groups in total. The number of hydrogen-bond donors (Lipinski definition) is 1. The van der Waals surface area contributed by atoms with Gasteiger partial charge in [-0.2, -0.15) is 0 Å². The molecular weight excluding hydrogens is 352 g/mol. The minimum Gasteiger partial charge on any atom is -0.495 e. The number of carbonyl (C=O) groups excluding carboxylic acids is 1. The van der Waals surface area contributed by atoms with Crippen molar-refractivity contribution in [3.8, 4) is 17.0 Å². The van der Waals surface area contributed by atoms with E-state index in [1.165, 1.54) is 0 Å². The van der Waals surface area contributed by atoms with Crippen LogP contribution in [-0.4, -0.2) is 36.1 Å². The van der Waals surface area contributed by atoms with Gasteiger partial charge >= 0.3 is 0 Å². The first-order chi connectivity index (χ1) is 13.6. The molecule has 0 saturated carbocycles. The maximum Gasteiger partial charge on any atom is 0.231 e. The van der Waals surface area contributed by atoms with Crippen LogP contribution in [0.15, 0.2) is 60.9 Å². The van der Waals surface area contributed by atoms with Crippen LogP contribution in [-0.2, 0) is 4.79 Å². The van der Waals surface area contributed by atoms with E-state index in [9.17, 15) is 4.79 Å². The third kappa shape index (κ3) is 3.67. The van der Waals surface area contributed by atoms with Crippen LogP contribution in [0.1, 0.15) is 5.56 Å². The van der Waals surface area contributed by atoms with Gasteiger partial charge < -0.3 is 15.0 Å². The SMILES string of the molecule is COc1ccc(C)cc1NC(=O)C1CN(c2cc(-c3ccccc3)ncn2)C1.